The fourth-order valence-electron chi connectivity index (χ4n) is 1.81. The number of benzene rings is 1. The number of ether oxygens (including phenoxy) is 1. The highest BCUT2D eigenvalue weighted by Crippen LogP contribution is 2.23. The van der Waals surface area contributed by atoms with Gasteiger partial charge in [0.25, 0.3) is 0 Å². The zero-order chi connectivity index (χ0) is 13.5. The summed E-state index contributed by atoms with van der Waals surface area (Å²) in [6, 6.07) is 11.8. The first-order valence-corrected chi connectivity index (χ1v) is 6.03. The van der Waals surface area contributed by atoms with Crippen LogP contribution in [0.4, 0.5) is 11.4 Å². The molecule has 96 valence electrons. The Morgan fingerprint density at radius 1 is 1.26 bits per heavy atom. The lowest BCUT2D eigenvalue weighted by molar-refractivity contribution is 0.202. The Hall–Kier alpha value is -2.38. The van der Waals surface area contributed by atoms with Crippen LogP contribution in [0.2, 0.25) is 0 Å². The lowest BCUT2D eigenvalue weighted by Gasteiger charge is -2.12. The molecule has 4 heteroatoms. The molecular weight excluding hydrogens is 238 g/mol. The average molecular weight is 253 g/mol. The van der Waals surface area contributed by atoms with E-state index in [2.05, 4.69) is 16.4 Å². The molecule has 0 fully saturated rings. The zero-order valence-electron chi connectivity index (χ0n) is 10.8. The molecule has 0 amide bonds. The first-order valence-electron chi connectivity index (χ1n) is 6.03. The van der Waals surface area contributed by atoms with Crippen molar-refractivity contribution in [3.63, 3.8) is 0 Å². The van der Waals surface area contributed by atoms with Gasteiger partial charge in [0.2, 0.25) is 0 Å². The molecule has 19 heavy (non-hydrogen) atoms. The van der Waals surface area contributed by atoms with Crippen molar-refractivity contribution < 1.29 is 4.74 Å². The van der Waals surface area contributed by atoms with Crippen molar-refractivity contribution in [2.75, 3.05) is 19.0 Å². The molecule has 0 spiro atoms. The van der Waals surface area contributed by atoms with Crippen LogP contribution in [0.1, 0.15) is 11.1 Å². The van der Waals surface area contributed by atoms with Gasteiger partial charge in [-0.3, -0.25) is 4.98 Å². The van der Waals surface area contributed by atoms with Crippen LogP contribution in [-0.4, -0.2) is 18.7 Å². The van der Waals surface area contributed by atoms with E-state index in [1.54, 1.807) is 25.6 Å². The number of hydrogen-bond acceptors (Lipinski definition) is 4. The molecule has 0 atom stereocenters. The van der Waals surface area contributed by atoms with Gasteiger partial charge in [0.1, 0.15) is 6.07 Å². The number of nitrogens with zero attached hydrogens (tertiary/aromatic N) is 2. The molecule has 0 unspecified atom stereocenters. The number of nitrogens with one attached hydrogen (secondary N) is 1. The average Bonchev–Trinajstić information content (AvgIpc) is 2.47. The van der Waals surface area contributed by atoms with Crippen LogP contribution >= 0.6 is 0 Å². The number of hydrogen-bond donors (Lipinski definition) is 1. The Morgan fingerprint density at radius 3 is 2.89 bits per heavy atom. The van der Waals surface area contributed by atoms with Crippen LogP contribution < -0.4 is 5.32 Å². The number of rotatable bonds is 5. The highest BCUT2D eigenvalue weighted by molar-refractivity contribution is 5.67. The summed E-state index contributed by atoms with van der Waals surface area (Å²) in [6.07, 6.45) is 4.09. The van der Waals surface area contributed by atoms with Gasteiger partial charge in [-0.05, 0) is 24.1 Å². The van der Waals surface area contributed by atoms with E-state index in [0.717, 1.165) is 23.4 Å². The largest absolute Gasteiger partial charge is 0.384 e. The van der Waals surface area contributed by atoms with Gasteiger partial charge in [0.15, 0.2) is 0 Å². The van der Waals surface area contributed by atoms with E-state index in [-0.39, 0.29) is 0 Å². The molecule has 1 heterocycles. The lowest BCUT2D eigenvalue weighted by Crippen LogP contribution is -2.01. The topological polar surface area (TPSA) is 57.9 Å². The van der Waals surface area contributed by atoms with Gasteiger partial charge >= 0.3 is 0 Å². The molecule has 0 bridgehead atoms. The Morgan fingerprint density at radius 2 is 2.11 bits per heavy atom. The maximum atomic E-state index is 9.07. The summed E-state index contributed by atoms with van der Waals surface area (Å²) in [7, 11) is 1.69. The molecule has 0 saturated carbocycles. The number of pyridine rings is 1. The predicted octanol–water partition coefficient (Wildman–Crippen LogP) is 2.89. The van der Waals surface area contributed by atoms with Gasteiger partial charge in [-0.1, -0.05) is 18.2 Å². The smallest absolute Gasteiger partial charge is 0.101 e. The molecular formula is C15H15N3O. The number of methoxy groups -OCH3 is 1. The van der Waals surface area contributed by atoms with Crippen LogP contribution in [0.3, 0.4) is 0 Å². The second-order valence-electron chi connectivity index (χ2n) is 4.06. The van der Waals surface area contributed by atoms with Gasteiger partial charge in [0.05, 0.1) is 24.1 Å². The number of anilines is 2. The monoisotopic (exact) mass is 253 g/mol. The minimum atomic E-state index is 0.580. The summed E-state index contributed by atoms with van der Waals surface area (Å²) in [5, 5.41) is 12.3. The van der Waals surface area contributed by atoms with Crippen LogP contribution in [0.15, 0.2) is 42.7 Å². The van der Waals surface area contributed by atoms with Crippen molar-refractivity contribution >= 4 is 11.4 Å². The Bertz CT molecular complexity index is 590. The molecule has 1 aromatic carbocycles. The Kier molecular flexibility index (Phi) is 4.49. The standard InChI is InChI=1S/C15H15N3O/c1-19-9-7-12-4-2-3-5-14(12)18-15-11-17-8-6-13(15)10-16/h2-6,8,11,18H,7,9H2,1H3. The van der Waals surface area contributed by atoms with Crippen LogP contribution in [0.5, 0.6) is 0 Å². The van der Waals surface area contributed by atoms with Crippen molar-refractivity contribution in [1.29, 1.82) is 5.26 Å². The second kappa shape index (κ2) is 6.53. The maximum Gasteiger partial charge on any atom is 0.101 e. The molecule has 2 aromatic rings. The van der Waals surface area contributed by atoms with E-state index in [9.17, 15) is 0 Å². The van der Waals surface area contributed by atoms with Crippen molar-refractivity contribution in [2.45, 2.75) is 6.42 Å². The van der Waals surface area contributed by atoms with Crippen molar-refractivity contribution in [2.24, 2.45) is 0 Å². The molecule has 0 radical (unpaired) electrons. The van der Waals surface area contributed by atoms with E-state index >= 15 is 0 Å². The summed E-state index contributed by atoms with van der Waals surface area (Å²) in [5.74, 6) is 0. The van der Waals surface area contributed by atoms with E-state index in [4.69, 9.17) is 10.00 Å². The summed E-state index contributed by atoms with van der Waals surface area (Å²) < 4.78 is 5.10. The molecule has 1 aromatic heterocycles. The van der Waals surface area contributed by atoms with Gasteiger partial charge in [-0.25, -0.2) is 0 Å². The van der Waals surface area contributed by atoms with E-state index < -0.39 is 0 Å². The van der Waals surface area contributed by atoms with Crippen LogP contribution in [-0.2, 0) is 11.2 Å². The molecule has 0 aliphatic rings. The van der Waals surface area contributed by atoms with E-state index in [1.165, 1.54) is 0 Å². The zero-order valence-corrected chi connectivity index (χ0v) is 10.8. The number of nitriles is 1. The third-order valence-corrected chi connectivity index (χ3v) is 2.80. The minimum Gasteiger partial charge on any atom is -0.384 e. The lowest BCUT2D eigenvalue weighted by atomic mass is 10.1. The highest BCUT2D eigenvalue weighted by atomic mass is 16.5. The molecule has 0 aliphatic heterocycles. The first kappa shape index (κ1) is 13.1. The van der Waals surface area contributed by atoms with Crippen LogP contribution in [0, 0.1) is 11.3 Å². The molecule has 1 N–H and O–H groups in total. The predicted molar refractivity (Wildman–Crippen MR) is 74.3 cm³/mol. The normalized spacial score (nSPS) is 9.89. The summed E-state index contributed by atoms with van der Waals surface area (Å²) in [4.78, 5) is 4.04. The summed E-state index contributed by atoms with van der Waals surface area (Å²) >= 11 is 0. The minimum absolute atomic E-state index is 0.580. The SMILES string of the molecule is COCCc1ccccc1Nc1cnccc1C#N. The van der Waals surface area contributed by atoms with Crippen LogP contribution in [0.25, 0.3) is 0 Å². The van der Waals surface area contributed by atoms with Crippen molar-refractivity contribution in [1.82, 2.24) is 4.98 Å². The highest BCUT2D eigenvalue weighted by Gasteiger charge is 2.05. The maximum absolute atomic E-state index is 9.07. The fraction of sp³-hybridized carbons (Fsp3) is 0.200. The van der Waals surface area contributed by atoms with E-state index in [0.29, 0.717) is 12.2 Å². The Labute approximate surface area is 112 Å². The molecule has 0 aliphatic carbocycles. The number of para-hydroxylation sites is 1. The summed E-state index contributed by atoms with van der Waals surface area (Å²) in [6.45, 7) is 0.664. The Balaban J connectivity index is 2.26. The molecule has 4 nitrogen and oxygen atoms in total. The third kappa shape index (κ3) is 3.30. The van der Waals surface area contributed by atoms with Crippen molar-refractivity contribution in [3.05, 3.63) is 53.9 Å². The fourth-order valence-corrected chi connectivity index (χ4v) is 1.81. The molecule has 0 saturated heterocycles. The van der Waals surface area contributed by atoms with Gasteiger partial charge in [0, 0.05) is 19.0 Å². The summed E-state index contributed by atoms with van der Waals surface area (Å²) in [5.41, 5.74) is 3.42. The van der Waals surface area contributed by atoms with Gasteiger partial charge < -0.3 is 10.1 Å². The number of aromatic nitrogens is 1. The molecule has 2 rings (SSSR count). The second-order valence-corrected chi connectivity index (χ2v) is 4.06. The van der Waals surface area contributed by atoms with Crippen molar-refractivity contribution in [3.8, 4) is 6.07 Å². The third-order valence-electron chi connectivity index (χ3n) is 2.80. The van der Waals surface area contributed by atoms with Gasteiger partial charge in [-0.15, -0.1) is 0 Å². The van der Waals surface area contributed by atoms with Gasteiger partial charge in [-0.2, -0.15) is 5.26 Å². The quantitative estimate of drug-likeness (QED) is 0.890. The van der Waals surface area contributed by atoms with E-state index in [1.807, 2.05) is 24.3 Å². The first-order chi connectivity index (χ1) is 9.35.